The van der Waals surface area contributed by atoms with E-state index in [4.69, 9.17) is 34.8 Å². The predicted molar refractivity (Wildman–Crippen MR) is 62.1 cm³/mol. The third kappa shape index (κ3) is 1.57. The van der Waals surface area contributed by atoms with Gasteiger partial charge in [0.1, 0.15) is 15.5 Å². The molecule has 0 aliphatic rings. The summed E-state index contributed by atoms with van der Waals surface area (Å²) in [5, 5.41) is -0.538. The van der Waals surface area contributed by atoms with Crippen molar-refractivity contribution in [2.24, 2.45) is 0 Å². The normalized spacial score (nSPS) is 11.1. The van der Waals surface area contributed by atoms with Crippen LogP contribution in [0.1, 0.15) is 5.56 Å². The van der Waals surface area contributed by atoms with Gasteiger partial charge in [0.15, 0.2) is 5.82 Å². The molecular weight excluding hydrogens is 277 g/mol. The summed E-state index contributed by atoms with van der Waals surface area (Å²) in [6.45, 7) is 1.53. The van der Waals surface area contributed by atoms with Crippen LogP contribution >= 0.6 is 34.8 Å². The molecule has 1 N–H and O–H groups in total. The monoisotopic (exact) mass is 280 g/mol. The molecule has 0 amide bonds. The van der Waals surface area contributed by atoms with Crippen LogP contribution in [0.3, 0.4) is 0 Å². The first kappa shape index (κ1) is 11.6. The van der Waals surface area contributed by atoms with Crippen LogP contribution in [-0.2, 0) is 0 Å². The number of aromatic nitrogens is 2. The van der Waals surface area contributed by atoms with Crippen molar-refractivity contribution < 1.29 is 4.39 Å². The molecule has 2 aromatic rings. The second-order valence-electron chi connectivity index (χ2n) is 3.15. The minimum atomic E-state index is -0.764. The van der Waals surface area contributed by atoms with Crippen LogP contribution in [0.25, 0.3) is 10.8 Å². The molecule has 0 spiro atoms. The maximum atomic E-state index is 13.8. The lowest BCUT2D eigenvalue weighted by Gasteiger charge is -2.07. The Morgan fingerprint density at radius 3 is 2.44 bits per heavy atom. The maximum absolute atomic E-state index is 13.8. The van der Waals surface area contributed by atoms with Gasteiger partial charge in [0, 0.05) is 5.39 Å². The Morgan fingerprint density at radius 1 is 1.19 bits per heavy atom. The van der Waals surface area contributed by atoms with Crippen molar-refractivity contribution in [3.63, 3.8) is 0 Å². The molecule has 2 rings (SSSR count). The van der Waals surface area contributed by atoms with Gasteiger partial charge in [0.05, 0.1) is 5.39 Å². The Bertz CT molecular complexity index is 645. The molecule has 0 radical (unpaired) electrons. The summed E-state index contributed by atoms with van der Waals surface area (Å²) < 4.78 is 13.8. The Morgan fingerprint density at radius 2 is 1.81 bits per heavy atom. The smallest absolute Gasteiger partial charge is 0.260 e. The summed E-state index contributed by atoms with van der Waals surface area (Å²) in [6, 6.07) is 0. The first-order valence-corrected chi connectivity index (χ1v) is 5.29. The quantitative estimate of drug-likeness (QED) is 0.753. The van der Waals surface area contributed by atoms with Gasteiger partial charge in [-0.05, 0) is 12.5 Å². The van der Waals surface area contributed by atoms with Crippen LogP contribution < -0.4 is 5.56 Å². The minimum absolute atomic E-state index is 0.00116. The number of hydrogen-bond acceptors (Lipinski definition) is 2. The molecule has 0 fully saturated rings. The van der Waals surface area contributed by atoms with Crippen molar-refractivity contribution >= 4 is 45.6 Å². The number of hydrogen-bond donors (Lipinski definition) is 1. The van der Waals surface area contributed by atoms with Crippen molar-refractivity contribution in [1.82, 2.24) is 9.97 Å². The van der Waals surface area contributed by atoms with E-state index in [2.05, 4.69) is 9.97 Å². The largest absolute Gasteiger partial charge is 0.310 e. The highest BCUT2D eigenvalue weighted by Gasteiger charge is 2.17. The Hall–Kier alpha value is -0.840. The fourth-order valence-corrected chi connectivity index (χ4v) is 2.10. The molecule has 2 aromatic heterocycles. The van der Waals surface area contributed by atoms with Crippen LogP contribution in [0.2, 0.25) is 15.5 Å². The molecule has 7 heteroatoms. The first-order chi connectivity index (χ1) is 7.43. The molecule has 0 atom stereocenters. The third-order valence-electron chi connectivity index (χ3n) is 2.20. The van der Waals surface area contributed by atoms with Gasteiger partial charge in [-0.2, -0.15) is 0 Å². The summed E-state index contributed by atoms with van der Waals surface area (Å²) in [7, 11) is 0. The number of nitrogens with one attached hydrogen (secondary N) is 1. The lowest BCUT2D eigenvalue weighted by Crippen LogP contribution is -2.10. The summed E-state index contributed by atoms with van der Waals surface area (Å²) in [5.41, 5.74) is -0.273. The number of halogens is 4. The topological polar surface area (TPSA) is 45.8 Å². The van der Waals surface area contributed by atoms with E-state index in [9.17, 15) is 9.18 Å². The van der Waals surface area contributed by atoms with Gasteiger partial charge < -0.3 is 4.98 Å². The molecule has 84 valence electrons. The SMILES string of the molecule is Cc1c(Cl)nc(Cl)c2c(=O)[nH]c(Cl)c(F)c12. The predicted octanol–water partition coefficient (Wildman–Crippen LogP) is 3.33. The van der Waals surface area contributed by atoms with Gasteiger partial charge >= 0.3 is 0 Å². The van der Waals surface area contributed by atoms with Crippen molar-refractivity contribution in [2.75, 3.05) is 0 Å². The molecular formula is C9H4Cl3FN2O. The van der Waals surface area contributed by atoms with E-state index < -0.39 is 11.4 Å². The number of fused-ring (bicyclic) bond motifs is 1. The van der Waals surface area contributed by atoms with Gasteiger partial charge in [-0.15, -0.1) is 0 Å². The van der Waals surface area contributed by atoms with Crippen LogP contribution in [0.5, 0.6) is 0 Å². The van der Waals surface area contributed by atoms with Crippen LogP contribution in [0.15, 0.2) is 4.79 Å². The van der Waals surface area contributed by atoms with Crippen molar-refractivity contribution in [1.29, 1.82) is 0 Å². The lowest BCUT2D eigenvalue weighted by molar-refractivity contribution is 0.633. The summed E-state index contributed by atoms with van der Waals surface area (Å²) >= 11 is 17.0. The number of nitrogens with zero attached hydrogens (tertiary/aromatic N) is 1. The van der Waals surface area contributed by atoms with Crippen molar-refractivity contribution in [3.8, 4) is 0 Å². The first-order valence-electron chi connectivity index (χ1n) is 4.16. The highest BCUT2D eigenvalue weighted by molar-refractivity contribution is 6.37. The summed E-state index contributed by atoms with van der Waals surface area (Å²) in [5.74, 6) is -0.764. The second-order valence-corrected chi connectivity index (χ2v) is 4.24. The number of aromatic amines is 1. The van der Waals surface area contributed by atoms with E-state index in [0.29, 0.717) is 5.56 Å². The van der Waals surface area contributed by atoms with Crippen molar-refractivity contribution in [2.45, 2.75) is 6.92 Å². The summed E-state index contributed by atoms with van der Waals surface area (Å²) in [4.78, 5) is 17.4. The van der Waals surface area contributed by atoms with Gasteiger partial charge in [-0.25, -0.2) is 9.37 Å². The third-order valence-corrected chi connectivity index (χ3v) is 3.10. The number of pyridine rings is 2. The van der Waals surface area contributed by atoms with E-state index in [-0.39, 0.29) is 26.2 Å². The Balaban J connectivity index is 3.18. The number of rotatable bonds is 0. The molecule has 16 heavy (non-hydrogen) atoms. The lowest BCUT2D eigenvalue weighted by atomic mass is 10.1. The van der Waals surface area contributed by atoms with Gasteiger partial charge in [-0.1, -0.05) is 34.8 Å². The molecule has 0 saturated heterocycles. The maximum Gasteiger partial charge on any atom is 0.260 e. The standard InChI is InChI=1S/C9H4Cl3FN2O/c1-2-3-4(7(11)14-6(2)10)9(16)15-8(12)5(3)13/h1H3,(H,15,16). The zero-order valence-corrected chi connectivity index (χ0v) is 10.1. The van der Waals surface area contributed by atoms with Gasteiger partial charge in [-0.3, -0.25) is 4.79 Å². The molecule has 0 aromatic carbocycles. The van der Waals surface area contributed by atoms with Crippen LogP contribution in [-0.4, -0.2) is 9.97 Å². The van der Waals surface area contributed by atoms with Crippen LogP contribution in [0, 0.1) is 12.7 Å². The fraction of sp³-hybridized carbons (Fsp3) is 0.111. The molecule has 0 aliphatic carbocycles. The average Bonchev–Trinajstić information content (AvgIpc) is 2.20. The van der Waals surface area contributed by atoms with E-state index in [1.165, 1.54) is 6.92 Å². The summed E-state index contributed by atoms with van der Waals surface area (Å²) in [6.07, 6.45) is 0. The molecule has 0 unspecified atom stereocenters. The zero-order valence-electron chi connectivity index (χ0n) is 7.87. The second kappa shape index (κ2) is 3.87. The Labute approximate surface area is 104 Å². The van der Waals surface area contributed by atoms with E-state index in [0.717, 1.165) is 0 Å². The fourth-order valence-electron chi connectivity index (χ4n) is 1.43. The minimum Gasteiger partial charge on any atom is -0.310 e. The molecule has 0 saturated carbocycles. The van der Waals surface area contributed by atoms with E-state index in [1.54, 1.807) is 0 Å². The molecule has 2 heterocycles. The van der Waals surface area contributed by atoms with Crippen LogP contribution in [0.4, 0.5) is 4.39 Å². The Kier molecular flexibility index (Phi) is 2.82. The van der Waals surface area contributed by atoms with Gasteiger partial charge in [0.2, 0.25) is 0 Å². The average molecular weight is 282 g/mol. The van der Waals surface area contributed by atoms with E-state index in [1.807, 2.05) is 0 Å². The molecule has 3 nitrogen and oxygen atoms in total. The van der Waals surface area contributed by atoms with Gasteiger partial charge in [0.25, 0.3) is 5.56 Å². The number of H-pyrrole nitrogens is 1. The molecule has 0 aliphatic heterocycles. The highest BCUT2D eigenvalue weighted by atomic mass is 35.5. The zero-order chi connectivity index (χ0) is 12.0. The molecule has 0 bridgehead atoms. The number of aryl methyl sites for hydroxylation is 1. The van der Waals surface area contributed by atoms with E-state index >= 15 is 0 Å². The highest BCUT2D eigenvalue weighted by Crippen LogP contribution is 2.30. The van der Waals surface area contributed by atoms with Crippen molar-refractivity contribution in [3.05, 3.63) is 37.2 Å².